The molecule has 3 nitrogen and oxygen atoms in total. The number of ether oxygens (including phenoxy) is 2. The van der Waals surface area contributed by atoms with E-state index in [4.69, 9.17) is 9.47 Å². The topological polar surface area (TPSA) is 30.5 Å². The van der Waals surface area contributed by atoms with E-state index in [0.717, 1.165) is 17.9 Å². The van der Waals surface area contributed by atoms with E-state index in [1.807, 2.05) is 38.2 Å². The van der Waals surface area contributed by atoms with Crippen molar-refractivity contribution in [3.8, 4) is 23.3 Å². The predicted octanol–water partition coefficient (Wildman–Crippen LogP) is 1.83. The highest BCUT2D eigenvalue weighted by Gasteiger charge is 2.27. The first-order valence-electron chi connectivity index (χ1n) is 5.80. The van der Waals surface area contributed by atoms with E-state index >= 15 is 0 Å². The van der Waals surface area contributed by atoms with Gasteiger partial charge in [0, 0.05) is 6.42 Å². The van der Waals surface area contributed by atoms with Crippen LogP contribution < -0.4 is 14.8 Å². The molecule has 3 heteroatoms. The lowest BCUT2D eigenvalue weighted by atomic mass is 10.1. The second kappa shape index (κ2) is 5.60. The Morgan fingerprint density at radius 2 is 2.18 bits per heavy atom. The average Bonchev–Trinajstić information content (AvgIpc) is 2.39. The van der Waals surface area contributed by atoms with Gasteiger partial charge in [-0.1, -0.05) is 12.1 Å². The van der Waals surface area contributed by atoms with Crippen molar-refractivity contribution in [2.24, 2.45) is 0 Å². The van der Waals surface area contributed by atoms with Crippen LogP contribution in [-0.2, 0) is 0 Å². The van der Waals surface area contributed by atoms with Gasteiger partial charge in [0.25, 0.3) is 0 Å². The number of benzene rings is 1. The number of hydrogen-bond acceptors (Lipinski definition) is 3. The minimum Gasteiger partial charge on any atom is -0.486 e. The van der Waals surface area contributed by atoms with Crippen LogP contribution in [0.1, 0.15) is 13.3 Å². The lowest BCUT2D eigenvalue weighted by molar-refractivity contribution is 0.0653. The summed E-state index contributed by atoms with van der Waals surface area (Å²) in [6.45, 7) is 2.41. The molecule has 90 valence electrons. The Hall–Kier alpha value is -1.66. The zero-order valence-corrected chi connectivity index (χ0v) is 10.2. The van der Waals surface area contributed by atoms with Gasteiger partial charge >= 0.3 is 0 Å². The molecule has 0 bridgehead atoms. The van der Waals surface area contributed by atoms with Crippen molar-refractivity contribution >= 4 is 0 Å². The lowest BCUT2D eigenvalue weighted by Crippen LogP contribution is -2.46. The second-order valence-corrected chi connectivity index (χ2v) is 3.94. The van der Waals surface area contributed by atoms with E-state index < -0.39 is 0 Å². The van der Waals surface area contributed by atoms with Crippen molar-refractivity contribution in [3.63, 3.8) is 0 Å². The maximum Gasteiger partial charge on any atom is 0.161 e. The van der Waals surface area contributed by atoms with Crippen LogP contribution in [0.25, 0.3) is 0 Å². The van der Waals surface area contributed by atoms with Crippen molar-refractivity contribution in [2.75, 3.05) is 13.7 Å². The summed E-state index contributed by atoms with van der Waals surface area (Å²) in [6, 6.07) is 7.94. The number of hydrogen-bond donors (Lipinski definition) is 1. The Balaban J connectivity index is 2.07. The fourth-order valence-corrected chi connectivity index (χ4v) is 1.87. The van der Waals surface area contributed by atoms with E-state index in [0.29, 0.717) is 6.61 Å². The van der Waals surface area contributed by atoms with Crippen LogP contribution in [0.2, 0.25) is 0 Å². The Labute approximate surface area is 102 Å². The zero-order chi connectivity index (χ0) is 12.1. The summed E-state index contributed by atoms with van der Waals surface area (Å²) in [7, 11) is 1.92. The molecule has 0 saturated heterocycles. The average molecular weight is 231 g/mol. The quantitative estimate of drug-likeness (QED) is 0.805. The zero-order valence-electron chi connectivity index (χ0n) is 10.2. The molecule has 1 aromatic carbocycles. The summed E-state index contributed by atoms with van der Waals surface area (Å²) in [5.41, 5.74) is 0. The minimum absolute atomic E-state index is 0.00995. The van der Waals surface area contributed by atoms with Crippen LogP contribution in [0.3, 0.4) is 0 Å². The van der Waals surface area contributed by atoms with Gasteiger partial charge in [-0.3, -0.25) is 0 Å². The van der Waals surface area contributed by atoms with Crippen molar-refractivity contribution < 1.29 is 9.47 Å². The number of rotatable bonds is 3. The SMILES string of the molecule is CC#CCC(NC)C1COc2ccccc2O1. The molecule has 0 amide bonds. The van der Waals surface area contributed by atoms with Gasteiger partial charge in [0.2, 0.25) is 0 Å². The molecule has 2 atom stereocenters. The highest BCUT2D eigenvalue weighted by atomic mass is 16.6. The molecule has 0 fully saturated rings. The van der Waals surface area contributed by atoms with Crippen LogP contribution in [0.15, 0.2) is 24.3 Å². The number of likely N-dealkylation sites (N-methyl/N-ethyl adjacent to an activating group) is 1. The number of para-hydroxylation sites is 2. The molecule has 1 heterocycles. The molecule has 2 unspecified atom stereocenters. The molecule has 1 aliphatic heterocycles. The summed E-state index contributed by atoms with van der Waals surface area (Å²) in [5, 5.41) is 3.23. The monoisotopic (exact) mass is 231 g/mol. The molecule has 0 spiro atoms. The van der Waals surface area contributed by atoms with Gasteiger partial charge in [-0.15, -0.1) is 11.8 Å². The molecule has 0 saturated carbocycles. The fourth-order valence-electron chi connectivity index (χ4n) is 1.87. The molecular weight excluding hydrogens is 214 g/mol. The first kappa shape index (κ1) is 11.8. The summed E-state index contributed by atoms with van der Waals surface area (Å²) in [5.74, 6) is 7.61. The largest absolute Gasteiger partial charge is 0.486 e. The molecule has 17 heavy (non-hydrogen) atoms. The van der Waals surface area contributed by atoms with Crippen molar-refractivity contribution in [2.45, 2.75) is 25.5 Å². The van der Waals surface area contributed by atoms with Gasteiger partial charge < -0.3 is 14.8 Å². The third-order valence-corrected chi connectivity index (χ3v) is 2.85. The second-order valence-electron chi connectivity index (χ2n) is 3.94. The van der Waals surface area contributed by atoms with Gasteiger partial charge in [0.1, 0.15) is 12.7 Å². The molecule has 2 rings (SSSR count). The Morgan fingerprint density at radius 1 is 1.41 bits per heavy atom. The summed E-state index contributed by atoms with van der Waals surface area (Å²) in [6.07, 6.45) is 0.777. The predicted molar refractivity (Wildman–Crippen MR) is 67.3 cm³/mol. The van der Waals surface area contributed by atoms with Gasteiger partial charge in [-0.05, 0) is 26.1 Å². The van der Waals surface area contributed by atoms with Gasteiger partial charge in [0.05, 0.1) is 6.04 Å². The highest BCUT2D eigenvalue weighted by Crippen LogP contribution is 2.31. The third-order valence-electron chi connectivity index (χ3n) is 2.85. The Morgan fingerprint density at radius 3 is 2.88 bits per heavy atom. The number of fused-ring (bicyclic) bond motifs is 1. The standard InChI is InChI=1S/C14H17NO2/c1-3-4-7-11(15-2)14-10-16-12-8-5-6-9-13(12)17-14/h5-6,8-9,11,14-15H,7,10H2,1-2H3. The fraction of sp³-hybridized carbons (Fsp3) is 0.429. The van der Waals surface area contributed by atoms with Crippen molar-refractivity contribution in [1.29, 1.82) is 0 Å². The molecule has 1 N–H and O–H groups in total. The molecule has 0 aliphatic carbocycles. The van der Waals surface area contributed by atoms with E-state index in [1.165, 1.54) is 0 Å². The summed E-state index contributed by atoms with van der Waals surface area (Å²) < 4.78 is 11.6. The Kier molecular flexibility index (Phi) is 3.89. The van der Waals surface area contributed by atoms with Crippen LogP contribution in [0.4, 0.5) is 0 Å². The van der Waals surface area contributed by atoms with E-state index in [2.05, 4.69) is 17.2 Å². The molecule has 0 radical (unpaired) electrons. The smallest absolute Gasteiger partial charge is 0.161 e. The first-order valence-corrected chi connectivity index (χ1v) is 5.80. The molecular formula is C14H17NO2. The van der Waals surface area contributed by atoms with Gasteiger partial charge in [-0.2, -0.15) is 0 Å². The van der Waals surface area contributed by atoms with Gasteiger partial charge in [0.15, 0.2) is 11.5 Å². The first-order chi connectivity index (χ1) is 8.35. The highest BCUT2D eigenvalue weighted by molar-refractivity contribution is 5.40. The Bertz CT molecular complexity index is 433. The molecule has 1 aromatic rings. The van der Waals surface area contributed by atoms with Crippen molar-refractivity contribution in [3.05, 3.63) is 24.3 Å². The van der Waals surface area contributed by atoms with Crippen LogP contribution in [0, 0.1) is 11.8 Å². The van der Waals surface area contributed by atoms with Gasteiger partial charge in [-0.25, -0.2) is 0 Å². The minimum atomic E-state index is 0.00995. The van der Waals surface area contributed by atoms with Crippen LogP contribution >= 0.6 is 0 Å². The van der Waals surface area contributed by atoms with E-state index in [1.54, 1.807) is 0 Å². The molecule has 1 aliphatic rings. The van der Waals surface area contributed by atoms with Crippen LogP contribution in [-0.4, -0.2) is 25.8 Å². The maximum atomic E-state index is 5.93. The third kappa shape index (κ3) is 2.72. The summed E-state index contributed by atoms with van der Waals surface area (Å²) >= 11 is 0. The lowest BCUT2D eigenvalue weighted by Gasteiger charge is -2.31. The summed E-state index contributed by atoms with van der Waals surface area (Å²) in [4.78, 5) is 0. The maximum absolute atomic E-state index is 5.93. The molecule has 0 aromatic heterocycles. The van der Waals surface area contributed by atoms with Crippen molar-refractivity contribution in [1.82, 2.24) is 5.32 Å². The van der Waals surface area contributed by atoms with Crippen LogP contribution in [0.5, 0.6) is 11.5 Å². The normalized spacial score (nSPS) is 19.1. The van der Waals surface area contributed by atoms with E-state index in [9.17, 15) is 0 Å². The number of nitrogens with one attached hydrogen (secondary N) is 1. The van der Waals surface area contributed by atoms with E-state index in [-0.39, 0.29) is 12.1 Å².